The molecule has 0 spiro atoms. The molecule has 0 saturated carbocycles. The molecule has 1 heterocycles. The predicted molar refractivity (Wildman–Crippen MR) is 57.2 cm³/mol. The largest absolute Gasteiger partial charge is 0.481 e. The highest BCUT2D eigenvalue weighted by Crippen LogP contribution is 2.08. The Morgan fingerprint density at radius 2 is 2.12 bits per heavy atom. The van der Waals surface area contributed by atoms with Crippen LogP contribution < -0.4 is 5.32 Å². The number of nitrogens with zero attached hydrogens (tertiary/aromatic N) is 1. The highest BCUT2D eigenvalue weighted by molar-refractivity contribution is 5.96. The minimum absolute atomic E-state index is 0.109. The van der Waals surface area contributed by atoms with Crippen LogP contribution in [0.15, 0.2) is 0 Å². The van der Waals surface area contributed by atoms with Crippen molar-refractivity contribution in [2.75, 3.05) is 6.54 Å². The Hall–Kier alpha value is -1.85. The van der Waals surface area contributed by atoms with E-state index in [2.05, 4.69) is 15.5 Å². The average Bonchev–Trinajstić information content (AvgIpc) is 2.54. The van der Waals surface area contributed by atoms with Gasteiger partial charge in [-0.05, 0) is 13.8 Å². The molecule has 1 rings (SSSR count). The Morgan fingerprint density at radius 3 is 2.56 bits per heavy atom. The van der Waals surface area contributed by atoms with Crippen LogP contribution >= 0.6 is 0 Å². The van der Waals surface area contributed by atoms with E-state index in [-0.39, 0.29) is 12.5 Å². The second-order valence-corrected chi connectivity index (χ2v) is 3.76. The van der Waals surface area contributed by atoms with Crippen molar-refractivity contribution in [2.24, 2.45) is 5.92 Å². The summed E-state index contributed by atoms with van der Waals surface area (Å²) < 4.78 is 0. The predicted octanol–water partition coefficient (Wildman–Crippen LogP) is 0.477. The Labute approximate surface area is 93.1 Å². The quantitative estimate of drug-likeness (QED) is 0.694. The molecule has 0 aliphatic heterocycles. The summed E-state index contributed by atoms with van der Waals surface area (Å²) in [5.74, 6) is -1.82. The molecule has 0 aliphatic carbocycles. The van der Waals surface area contributed by atoms with Crippen LogP contribution in [0.1, 0.15) is 28.7 Å². The molecule has 0 saturated heterocycles. The molecule has 0 radical (unpaired) electrons. The summed E-state index contributed by atoms with van der Waals surface area (Å²) >= 11 is 0. The van der Waals surface area contributed by atoms with Crippen LogP contribution in [0.2, 0.25) is 0 Å². The van der Waals surface area contributed by atoms with Gasteiger partial charge in [0, 0.05) is 12.2 Å². The number of aliphatic carboxylic acids is 1. The summed E-state index contributed by atoms with van der Waals surface area (Å²) in [6, 6.07) is 0. The lowest BCUT2D eigenvalue weighted by Gasteiger charge is -2.08. The van der Waals surface area contributed by atoms with E-state index in [0.717, 1.165) is 0 Å². The van der Waals surface area contributed by atoms with Crippen molar-refractivity contribution in [1.29, 1.82) is 0 Å². The van der Waals surface area contributed by atoms with Gasteiger partial charge in [-0.15, -0.1) is 0 Å². The van der Waals surface area contributed by atoms with Gasteiger partial charge in [0.15, 0.2) is 0 Å². The molecule has 16 heavy (non-hydrogen) atoms. The van der Waals surface area contributed by atoms with Gasteiger partial charge in [0.2, 0.25) is 0 Å². The maximum atomic E-state index is 11.7. The summed E-state index contributed by atoms with van der Waals surface area (Å²) in [6.45, 7) is 5.12. The maximum Gasteiger partial charge on any atom is 0.308 e. The number of rotatable bonds is 4. The number of aryl methyl sites for hydroxylation is 2. The number of carboxylic acid groups (broad SMARTS) is 1. The molecule has 6 heteroatoms. The molecule has 3 N–H and O–H groups in total. The summed E-state index contributed by atoms with van der Waals surface area (Å²) in [5, 5.41) is 17.8. The maximum absolute atomic E-state index is 11.7. The van der Waals surface area contributed by atoms with Crippen molar-refractivity contribution in [3.05, 3.63) is 17.0 Å². The monoisotopic (exact) mass is 225 g/mol. The summed E-state index contributed by atoms with van der Waals surface area (Å²) in [5.41, 5.74) is 1.77. The van der Waals surface area contributed by atoms with E-state index in [9.17, 15) is 9.59 Å². The van der Waals surface area contributed by atoms with E-state index in [1.54, 1.807) is 13.8 Å². The molecule has 1 aromatic heterocycles. The number of aromatic amines is 1. The fraction of sp³-hybridized carbons (Fsp3) is 0.500. The Bertz CT molecular complexity index is 392. The third-order valence-corrected chi connectivity index (χ3v) is 2.35. The zero-order valence-electron chi connectivity index (χ0n) is 9.50. The molecule has 1 atom stereocenters. The fourth-order valence-corrected chi connectivity index (χ4v) is 1.31. The number of carbonyl (C=O) groups excluding carboxylic acids is 1. The Kier molecular flexibility index (Phi) is 3.65. The van der Waals surface area contributed by atoms with Gasteiger partial charge >= 0.3 is 5.97 Å². The molecular formula is C10H15N3O3. The number of carboxylic acids is 1. The third-order valence-electron chi connectivity index (χ3n) is 2.35. The van der Waals surface area contributed by atoms with E-state index in [4.69, 9.17) is 5.11 Å². The zero-order chi connectivity index (χ0) is 12.3. The van der Waals surface area contributed by atoms with Crippen LogP contribution in [0.4, 0.5) is 0 Å². The van der Waals surface area contributed by atoms with Crippen LogP contribution in [0, 0.1) is 19.8 Å². The summed E-state index contributed by atoms with van der Waals surface area (Å²) in [7, 11) is 0. The van der Waals surface area contributed by atoms with Crippen molar-refractivity contribution in [3.8, 4) is 0 Å². The molecule has 88 valence electrons. The first-order chi connectivity index (χ1) is 7.43. The number of carbonyl (C=O) groups is 2. The second-order valence-electron chi connectivity index (χ2n) is 3.76. The van der Waals surface area contributed by atoms with Crippen LogP contribution in [-0.2, 0) is 4.79 Å². The van der Waals surface area contributed by atoms with Crippen LogP contribution in [0.5, 0.6) is 0 Å². The first kappa shape index (κ1) is 12.2. The topological polar surface area (TPSA) is 95.1 Å². The number of hydrogen-bond donors (Lipinski definition) is 3. The van der Waals surface area contributed by atoms with Gasteiger partial charge in [-0.25, -0.2) is 0 Å². The number of hydrogen-bond acceptors (Lipinski definition) is 3. The van der Waals surface area contributed by atoms with Crippen LogP contribution in [0.3, 0.4) is 0 Å². The molecule has 1 amide bonds. The van der Waals surface area contributed by atoms with Gasteiger partial charge in [-0.3, -0.25) is 14.7 Å². The standard InChI is InChI=1S/C10H15N3O3/c1-5(10(15)16)4-11-9(14)8-6(2)12-13-7(8)3/h5H,4H2,1-3H3,(H,11,14)(H,12,13)(H,15,16). The summed E-state index contributed by atoms with van der Waals surface area (Å²) in [4.78, 5) is 22.3. The highest BCUT2D eigenvalue weighted by Gasteiger charge is 2.17. The van der Waals surface area contributed by atoms with Crippen molar-refractivity contribution in [1.82, 2.24) is 15.5 Å². The number of H-pyrrole nitrogens is 1. The normalized spacial score (nSPS) is 12.2. The first-order valence-electron chi connectivity index (χ1n) is 4.96. The molecule has 0 bridgehead atoms. The Balaban J connectivity index is 2.63. The molecule has 6 nitrogen and oxygen atoms in total. The van der Waals surface area contributed by atoms with E-state index in [0.29, 0.717) is 17.0 Å². The van der Waals surface area contributed by atoms with E-state index < -0.39 is 11.9 Å². The molecule has 0 aromatic carbocycles. The Morgan fingerprint density at radius 1 is 1.50 bits per heavy atom. The van der Waals surface area contributed by atoms with Gasteiger partial charge in [0.25, 0.3) is 5.91 Å². The van der Waals surface area contributed by atoms with Crippen molar-refractivity contribution in [3.63, 3.8) is 0 Å². The molecular weight excluding hydrogens is 210 g/mol. The van der Waals surface area contributed by atoms with E-state index in [1.807, 2.05) is 0 Å². The lowest BCUT2D eigenvalue weighted by Crippen LogP contribution is -2.32. The van der Waals surface area contributed by atoms with Crippen molar-refractivity contribution < 1.29 is 14.7 Å². The second kappa shape index (κ2) is 4.78. The van der Waals surface area contributed by atoms with E-state index in [1.165, 1.54) is 6.92 Å². The van der Waals surface area contributed by atoms with E-state index >= 15 is 0 Å². The van der Waals surface area contributed by atoms with Gasteiger partial charge in [0.05, 0.1) is 17.2 Å². The molecule has 1 aromatic rings. The fourth-order valence-electron chi connectivity index (χ4n) is 1.31. The third kappa shape index (κ3) is 2.59. The minimum Gasteiger partial charge on any atom is -0.481 e. The lowest BCUT2D eigenvalue weighted by molar-refractivity contribution is -0.140. The van der Waals surface area contributed by atoms with Crippen LogP contribution in [-0.4, -0.2) is 33.7 Å². The van der Waals surface area contributed by atoms with Gasteiger partial charge in [-0.1, -0.05) is 6.92 Å². The highest BCUT2D eigenvalue weighted by atomic mass is 16.4. The van der Waals surface area contributed by atoms with Gasteiger partial charge in [0.1, 0.15) is 0 Å². The number of aromatic nitrogens is 2. The van der Waals surface area contributed by atoms with Crippen molar-refractivity contribution >= 4 is 11.9 Å². The summed E-state index contributed by atoms with van der Waals surface area (Å²) in [6.07, 6.45) is 0. The minimum atomic E-state index is -0.930. The van der Waals surface area contributed by atoms with Crippen LogP contribution in [0.25, 0.3) is 0 Å². The SMILES string of the molecule is Cc1n[nH]c(C)c1C(=O)NCC(C)C(=O)O. The molecule has 0 fully saturated rings. The first-order valence-corrected chi connectivity index (χ1v) is 4.96. The average molecular weight is 225 g/mol. The van der Waals surface area contributed by atoms with Gasteiger partial charge in [-0.2, -0.15) is 5.10 Å². The number of nitrogens with one attached hydrogen (secondary N) is 2. The smallest absolute Gasteiger partial charge is 0.308 e. The van der Waals surface area contributed by atoms with Gasteiger partial charge < -0.3 is 10.4 Å². The molecule has 1 unspecified atom stereocenters. The molecule has 0 aliphatic rings. The number of amides is 1. The van der Waals surface area contributed by atoms with Crippen molar-refractivity contribution in [2.45, 2.75) is 20.8 Å². The zero-order valence-corrected chi connectivity index (χ0v) is 9.50. The lowest BCUT2D eigenvalue weighted by atomic mass is 10.1.